The van der Waals surface area contributed by atoms with Gasteiger partial charge in [0.2, 0.25) is 18.2 Å². The van der Waals surface area contributed by atoms with Crippen molar-refractivity contribution in [1.82, 2.24) is 10.2 Å². The van der Waals surface area contributed by atoms with E-state index >= 15 is 0 Å². The molecule has 6 nitrogen and oxygen atoms in total. The number of amides is 3. The first kappa shape index (κ1) is 17.3. The molecule has 2 rings (SSSR count). The van der Waals surface area contributed by atoms with E-state index in [1.807, 2.05) is 32.0 Å². The number of halogens is 1. The lowest BCUT2D eigenvalue weighted by atomic mass is 10.0. The predicted molar refractivity (Wildman–Crippen MR) is 88.3 cm³/mol. The molecule has 124 valence electrons. The minimum atomic E-state index is -0.622. The van der Waals surface area contributed by atoms with Gasteiger partial charge in [0.25, 0.3) is 0 Å². The van der Waals surface area contributed by atoms with E-state index in [-0.39, 0.29) is 12.3 Å². The molecule has 0 bridgehead atoms. The number of anilines is 1. The molecule has 1 aromatic carbocycles. The molecule has 0 saturated carbocycles. The second kappa shape index (κ2) is 7.00. The van der Waals surface area contributed by atoms with Crippen molar-refractivity contribution in [2.45, 2.75) is 32.4 Å². The zero-order valence-electron chi connectivity index (χ0n) is 13.4. The summed E-state index contributed by atoms with van der Waals surface area (Å²) in [7, 11) is 3.80. The largest absolute Gasteiger partial charge is 0.376 e. The molecule has 1 atom stereocenters. The Bertz CT molecular complexity index is 646. The lowest BCUT2D eigenvalue weighted by Gasteiger charge is -2.31. The average Bonchev–Trinajstić information content (AvgIpc) is 2.47. The van der Waals surface area contributed by atoms with Gasteiger partial charge in [-0.2, -0.15) is 0 Å². The molecule has 0 aromatic heterocycles. The van der Waals surface area contributed by atoms with Gasteiger partial charge in [-0.05, 0) is 30.5 Å². The van der Waals surface area contributed by atoms with E-state index in [1.54, 1.807) is 6.07 Å². The Kier molecular flexibility index (Phi) is 5.26. The zero-order valence-corrected chi connectivity index (χ0v) is 14.2. The Hall–Kier alpha value is -2.08. The van der Waals surface area contributed by atoms with Gasteiger partial charge < -0.3 is 9.80 Å². The molecule has 0 radical (unpaired) electrons. The lowest BCUT2D eigenvalue weighted by molar-refractivity contribution is -0.141. The van der Waals surface area contributed by atoms with Gasteiger partial charge >= 0.3 is 0 Å². The van der Waals surface area contributed by atoms with Crippen molar-refractivity contribution in [3.8, 4) is 0 Å². The molecule has 0 aliphatic carbocycles. The third-order valence-corrected chi connectivity index (χ3v) is 4.34. The summed E-state index contributed by atoms with van der Waals surface area (Å²) in [6, 6.07) is 3.02. The maximum atomic E-state index is 11.9. The highest BCUT2D eigenvalue weighted by molar-refractivity contribution is 6.33. The molecule has 1 aromatic rings. The van der Waals surface area contributed by atoms with Crippen LogP contribution in [0.1, 0.15) is 24.0 Å². The molecule has 23 heavy (non-hydrogen) atoms. The molecule has 1 saturated heterocycles. The number of carbonyl (C=O) groups is 3. The number of nitrogens with zero attached hydrogens (tertiary/aromatic N) is 2. The Balaban J connectivity index is 2.26. The normalized spacial score (nSPS) is 17.7. The molecule has 1 N–H and O–H groups in total. The van der Waals surface area contributed by atoms with Gasteiger partial charge in [0.05, 0.1) is 10.7 Å². The number of piperidine rings is 1. The van der Waals surface area contributed by atoms with Crippen LogP contribution in [0.2, 0.25) is 5.02 Å². The number of benzene rings is 1. The molecule has 1 heterocycles. The van der Waals surface area contributed by atoms with Crippen molar-refractivity contribution in [2.75, 3.05) is 19.0 Å². The summed E-state index contributed by atoms with van der Waals surface area (Å²) in [5.41, 5.74) is 2.76. The van der Waals surface area contributed by atoms with Crippen LogP contribution in [0.25, 0.3) is 0 Å². The van der Waals surface area contributed by atoms with Crippen LogP contribution in [-0.4, -0.2) is 43.3 Å². The first-order valence-corrected chi connectivity index (χ1v) is 7.73. The zero-order chi connectivity index (χ0) is 17.1. The van der Waals surface area contributed by atoms with Gasteiger partial charge in [-0.25, -0.2) is 0 Å². The molecule has 7 heteroatoms. The van der Waals surface area contributed by atoms with Gasteiger partial charge in [0.1, 0.15) is 6.04 Å². The topological polar surface area (TPSA) is 69.7 Å². The molecule has 1 unspecified atom stereocenters. The lowest BCUT2D eigenvalue weighted by Crippen LogP contribution is -2.51. The number of rotatable bonds is 5. The Morgan fingerprint density at radius 1 is 1.35 bits per heavy atom. The van der Waals surface area contributed by atoms with Crippen LogP contribution in [0.5, 0.6) is 0 Å². The van der Waals surface area contributed by atoms with Crippen molar-refractivity contribution in [3.63, 3.8) is 0 Å². The van der Waals surface area contributed by atoms with Crippen LogP contribution < -0.4 is 10.2 Å². The van der Waals surface area contributed by atoms with E-state index in [1.165, 1.54) is 4.90 Å². The van der Waals surface area contributed by atoms with Crippen LogP contribution in [-0.2, 0) is 20.9 Å². The van der Waals surface area contributed by atoms with Crippen LogP contribution in [0, 0.1) is 6.92 Å². The van der Waals surface area contributed by atoms with Gasteiger partial charge in [-0.15, -0.1) is 0 Å². The minimum Gasteiger partial charge on any atom is -0.376 e. The quantitative estimate of drug-likeness (QED) is 0.652. The van der Waals surface area contributed by atoms with Gasteiger partial charge in [0.15, 0.2) is 0 Å². The van der Waals surface area contributed by atoms with E-state index in [0.717, 1.165) is 16.8 Å². The van der Waals surface area contributed by atoms with Gasteiger partial charge in [-0.3, -0.25) is 19.7 Å². The number of imide groups is 1. The summed E-state index contributed by atoms with van der Waals surface area (Å²) in [6.07, 6.45) is 1.24. The fourth-order valence-electron chi connectivity index (χ4n) is 2.85. The second-order valence-electron chi connectivity index (χ2n) is 5.82. The molecular formula is C16H20ClN3O3. The summed E-state index contributed by atoms with van der Waals surface area (Å²) < 4.78 is 0. The number of hydrogen-bond acceptors (Lipinski definition) is 4. The highest BCUT2D eigenvalue weighted by Crippen LogP contribution is 2.31. The minimum absolute atomic E-state index is 0.239. The fraction of sp³-hybridized carbons (Fsp3) is 0.438. The van der Waals surface area contributed by atoms with Crippen LogP contribution in [0.15, 0.2) is 12.1 Å². The summed E-state index contributed by atoms with van der Waals surface area (Å²) in [5, 5.41) is 2.91. The Labute approximate surface area is 140 Å². The van der Waals surface area contributed by atoms with E-state index in [2.05, 4.69) is 5.32 Å². The van der Waals surface area contributed by atoms with Gasteiger partial charge in [0, 0.05) is 27.1 Å². The van der Waals surface area contributed by atoms with Crippen molar-refractivity contribution in [3.05, 3.63) is 28.3 Å². The van der Waals surface area contributed by atoms with Crippen LogP contribution >= 0.6 is 11.6 Å². The number of hydrogen-bond donors (Lipinski definition) is 1. The summed E-state index contributed by atoms with van der Waals surface area (Å²) in [6.45, 7) is 2.23. The van der Waals surface area contributed by atoms with E-state index in [4.69, 9.17) is 11.6 Å². The van der Waals surface area contributed by atoms with Gasteiger partial charge in [-0.1, -0.05) is 17.7 Å². The molecule has 1 aliphatic rings. The Morgan fingerprint density at radius 3 is 2.61 bits per heavy atom. The van der Waals surface area contributed by atoms with E-state index < -0.39 is 11.9 Å². The third kappa shape index (κ3) is 3.64. The number of nitrogens with one attached hydrogen (secondary N) is 1. The maximum absolute atomic E-state index is 11.9. The third-order valence-electron chi connectivity index (χ3n) is 4.04. The highest BCUT2D eigenvalue weighted by Gasteiger charge is 2.31. The SMILES string of the molecule is Cc1c(CN(C=O)C2CCC(=O)NC2=O)ccc(Cl)c1N(C)C. The average molecular weight is 338 g/mol. The molecule has 3 amide bonds. The molecule has 0 spiro atoms. The standard InChI is InChI=1S/C16H20ClN3O3/c1-10-11(4-5-12(17)15(10)19(2)3)8-20(9-21)13-6-7-14(22)18-16(13)23/h4-5,9,13H,6-8H2,1-3H3,(H,18,22,23). The first-order valence-electron chi connectivity index (χ1n) is 7.35. The fourth-order valence-corrected chi connectivity index (χ4v) is 3.22. The van der Waals surface area contributed by atoms with E-state index in [0.29, 0.717) is 24.4 Å². The van der Waals surface area contributed by atoms with E-state index in [9.17, 15) is 14.4 Å². The summed E-state index contributed by atoms with van der Waals surface area (Å²) >= 11 is 6.23. The molecular weight excluding hydrogens is 318 g/mol. The molecule has 1 fully saturated rings. The van der Waals surface area contributed by atoms with Crippen LogP contribution in [0.3, 0.4) is 0 Å². The summed E-state index contributed by atoms with van der Waals surface area (Å²) in [4.78, 5) is 38.0. The maximum Gasteiger partial charge on any atom is 0.249 e. The Morgan fingerprint density at radius 2 is 2.04 bits per heavy atom. The second-order valence-corrected chi connectivity index (χ2v) is 6.23. The molecule has 1 aliphatic heterocycles. The predicted octanol–water partition coefficient (Wildman–Crippen LogP) is 1.48. The van der Waals surface area contributed by atoms with Crippen molar-refractivity contribution in [2.24, 2.45) is 0 Å². The smallest absolute Gasteiger partial charge is 0.249 e. The highest BCUT2D eigenvalue weighted by atomic mass is 35.5. The van der Waals surface area contributed by atoms with Crippen molar-refractivity contribution >= 4 is 35.5 Å². The number of carbonyl (C=O) groups excluding carboxylic acids is 3. The van der Waals surface area contributed by atoms with Crippen molar-refractivity contribution in [1.29, 1.82) is 0 Å². The first-order chi connectivity index (χ1) is 10.8. The monoisotopic (exact) mass is 337 g/mol. The van der Waals surface area contributed by atoms with Crippen LogP contribution in [0.4, 0.5) is 5.69 Å². The summed E-state index contributed by atoms with van der Waals surface area (Å²) in [5.74, 6) is -0.720. The van der Waals surface area contributed by atoms with Crippen molar-refractivity contribution < 1.29 is 14.4 Å².